The maximum absolute atomic E-state index is 5.80. The van der Waals surface area contributed by atoms with Gasteiger partial charge in [0.15, 0.2) is 0 Å². The van der Waals surface area contributed by atoms with E-state index in [1.54, 1.807) is 12.5 Å². The zero-order valence-electron chi connectivity index (χ0n) is 11.3. The molecule has 0 fully saturated rings. The first-order valence-corrected chi connectivity index (χ1v) is 6.71. The highest BCUT2D eigenvalue weighted by atomic mass is 16.3. The monoisotopic (exact) mass is 267 g/mol. The highest BCUT2D eigenvalue weighted by Crippen LogP contribution is 2.30. The maximum atomic E-state index is 5.80. The summed E-state index contributed by atoms with van der Waals surface area (Å²) in [4.78, 5) is 4.39. The molecule has 3 N–H and O–H groups in total. The van der Waals surface area contributed by atoms with Crippen molar-refractivity contribution in [1.82, 2.24) is 10.4 Å². The van der Waals surface area contributed by atoms with E-state index in [9.17, 15) is 0 Å². The molecule has 2 aromatic heterocycles. The molecule has 0 radical (unpaired) electrons. The van der Waals surface area contributed by atoms with Crippen LogP contribution in [0.15, 0.2) is 53.3 Å². The minimum atomic E-state index is -0.100. The lowest BCUT2D eigenvalue weighted by molar-refractivity contribution is 0.502. The minimum absolute atomic E-state index is 0.100. The zero-order chi connectivity index (χ0) is 13.9. The molecular formula is C16H17N3O. The predicted octanol–water partition coefficient (Wildman–Crippen LogP) is 2.94. The van der Waals surface area contributed by atoms with Gasteiger partial charge in [0, 0.05) is 23.6 Å². The van der Waals surface area contributed by atoms with E-state index in [0.717, 1.165) is 34.2 Å². The number of furan rings is 1. The molecule has 3 aromatic rings. The van der Waals surface area contributed by atoms with E-state index in [4.69, 9.17) is 10.3 Å². The predicted molar refractivity (Wildman–Crippen MR) is 79.0 cm³/mol. The molecule has 0 saturated heterocycles. The molecule has 0 aliphatic carbocycles. The Hall–Kier alpha value is -2.17. The van der Waals surface area contributed by atoms with Crippen LogP contribution >= 0.6 is 0 Å². The van der Waals surface area contributed by atoms with Crippen molar-refractivity contribution < 1.29 is 4.42 Å². The lowest BCUT2D eigenvalue weighted by Gasteiger charge is -2.18. The normalized spacial score (nSPS) is 12.7. The summed E-state index contributed by atoms with van der Waals surface area (Å²) in [5.41, 5.74) is 6.05. The highest BCUT2D eigenvalue weighted by Gasteiger charge is 2.19. The first-order valence-electron chi connectivity index (χ1n) is 6.71. The third-order valence-corrected chi connectivity index (χ3v) is 3.57. The quantitative estimate of drug-likeness (QED) is 0.563. The minimum Gasteiger partial charge on any atom is -0.469 e. The van der Waals surface area contributed by atoms with Crippen molar-refractivity contribution in [2.45, 2.75) is 19.4 Å². The molecule has 0 bridgehead atoms. The van der Waals surface area contributed by atoms with Gasteiger partial charge in [-0.25, -0.2) is 5.43 Å². The second kappa shape index (κ2) is 5.45. The Morgan fingerprint density at radius 2 is 2.10 bits per heavy atom. The van der Waals surface area contributed by atoms with Crippen LogP contribution in [0.4, 0.5) is 0 Å². The van der Waals surface area contributed by atoms with E-state index in [1.807, 2.05) is 24.3 Å². The van der Waals surface area contributed by atoms with Gasteiger partial charge < -0.3 is 4.42 Å². The molecule has 102 valence electrons. The Morgan fingerprint density at radius 3 is 2.90 bits per heavy atom. The van der Waals surface area contributed by atoms with Crippen LogP contribution < -0.4 is 11.3 Å². The van der Waals surface area contributed by atoms with Gasteiger partial charge in [-0.05, 0) is 23.8 Å². The summed E-state index contributed by atoms with van der Waals surface area (Å²) in [7, 11) is 0. The summed E-state index contributed by atoms with van der Waals surface area (Å²) in [6.45, 7) is 2.07. The lowest BCUT2D eigenvalue weighted by Crippen LogP contribution is -2.29. The van der Waals surface area contributed by atoms with Crippen LogP contribution in [0.5, 0.6) is 0 Å². The number of nitrogens with two attached hydrogens (primary N) is 1. The molecule has 0 spiro atoms. The van der Waals surface area contributed by atoms with Crippen LogP contribution in [0, 0.1) is 0 Å². The van der Waals surface area contributed by atoms with Crippen LogP contribution in [0.25, 0.3) is 10.9 Å². The van der Waals surface area contributed by atoms with E-state index in [0.29, 0.717) is 0 Å². The number of pyridine rings is 1. The summed E-state index contributed by atoms with van der Waals surface area (Å²) < 4.78 is 5.52. The van der Waals surface area contributed by atoms with Crippen molar-refractivity contribution >= 4 is 10.9 Å². The van der Waals surface area contributed by atoms with Crippen molar-refractivity contribution in [1.29, 1.82) is 0 Å². The van der Waals surface area contributed by atoms with Crippen molar-refractivity contribution in [3.63, 3.8) is 0 Å². The number of fused-ring (bicyclic) bond motifs is 1. The fourth-order valence-electron chi connectivity index (χ4n) is 2.62. The largest absolute Gasteiger partial charge is 0.469 e. The topological polar surface area (TPSA) is 64.1 Å². The molecule has 0 aliphatic heterocycles. The van der Waals surface area contributed by atoms with Crippen LogP contribution in [0.2, 0.25) is 0 Å². The number of hydrogen-bond donors (Lipinski definition) is 2. The second-order valence-electron chi connectivity index (χ2n) is 4.67. The summed E-state index contributed by atoms with van der Waals surface area (Å²) in [6, 6.07) is 11.9. The van der Waals surface area contributed by atoms with Crippen LogP contribution in [-0.4, -0.2) is 4.98 Å². The van der Waals surface area contributed by atoms with Crippen molar-refractivity contribution in [3.05, 3.63) is 65.7 Å². The number of nitrogens with one attached hydrogen (secondary N) is 1. The fourth-order valence-corrected chi connectivity index (χ4v) is 2.62. The molecule has 1 aromatic carbocycles. The molecule has 2 heterocycles. The average molecular weight is 267 g/mol. The Balaban J connectivity index is 2.17. The van der Waals surface area contributed by atoms with E-state index >= 15 is 0 Å². The summed E-state index contributed by atoms with van der Waals surface area (Å²) in [6.07, 6.45) is 4.34. The standard InChI is InChI=1S/C16H17N3O/c1-2-15-13(8-10-20-15)16(19-17)12-5-3-7-14-11(12)6-4-9-18-14/h3-10,16,19H,2,17H2,1H3. The second-order valence-corrected chi connectivity index (χ2v) is 4.67. The Kier molecular flexibility index (Phi) is 3.50. The summed E-state index contributed by atoms with van der Waals surface area (Å²) in [5, 5.41) is 1.10. The third-order valence-electron chi connectivity index (χ3n) is 3.57. The maximum Gasteiger partial charge on any atom is 0.108 e. The number of hydrazine groups is 1. The van der Waals surface area contributed by atoms with Gasteiger partial charge in [-0.2, -0.15) is 0 Å². The van der Waals surface area contributed by atoms with Crippen LogP contribution in [-0.2, 0) is 6.42 Å². The van der Waals surface area contributed by atoms with Crippen molar-refractivity contribution in [3.8, 4) is 0 Å². The van der Waals surface area contributed by atoms with Crippen LogP contribution in [0.3, 0.4) is 0 Å². The Labute approximate surface area is 117 Å². The number of nitrogens with zero attached hydrogens (tertiary/aromatic N) is 1. The SMILES string of the molecule is CCc1occc1C(NN)c1cccc2ncccc12. The number of benzene rings is 1. The Morgan fingerprint density at radius 1 is 1.20 bits per heavy atom. The van der Waals surface area contributed by atoms with Gasteiger partial charge in [-0.15, -0.1) is 0 Å². The van der Waals surface area contributed by atoms with Crippen LogP contribution in [0.1, 0.15) is 29.9 Å². The van der Waals surface area contributed by atoms with Gasteiger partial charge in [0.1, 0.15) is 5.76 Å². The molecule has 1 unspecified atom stereocenters. The fraction of sp³-hybridized carbons (Fsp3) is 0.188. The molecular weight excluding hydrogens is 250 g/mol. The molecule has 3 rings (SSSR count). The molecule has 20 heavy (non-hydrogen) atoms. The lowest BCUT2D eigenvalue weighted by atomic mass is 9.95. The van der Waals surface area contributed by atoms with Crippen molar-refractivity contribution in [2.24, 2.45) is 5.84 Å². The van der Waals surface area contributed by atoms with Crippen molar-refractivity contribution in [2.75, 3.05) is 0 Å². The first-order chi connectivity index (χ1) is 9.85. The van der Waals surface area contributed by atoms with E-state index < -0.39 is 0 Å². The molecule has 1 atom stereocenters. The van der Waals surface area contributed by atoms with E-state index in [1.165, 1.54) is 0 Å². The molecule has 0 aliphatic rings. The number of hydrogen-bond acceptors (Lipinski definition) is 4. The average Bonchev–Trinajstić information content (AvgIpc) is 2.97. The summed E-state index contributed by atoms with van der Waals surface area (Å²) in [5.74, 6) is 6.75. The number of aryl methyl sites for hydroxylation is 1. The molecule has 4 heteroatoms. The molecule has 4 nitrogen and oxygen atoms in total. The van der Waals surface area contributed by atoms with Gasteiger partial charge in [-0.1, -0.05) is 25.1 Å². The third kappa shape index (κ3) is 2.09. The van der Waals surface area contributed by atoms with Gasteiger partial charge >= 0.3 is 0 Å². The number of aromatic nitrogens is 1. The van der Waals surface area contributed by atoms with E-state index in [2.05, 4.69) is 29.5 Å². The zero-order valence-corrected chi connectivity index (χ0v) is 11.3. The first kappa shape index (κ1) is 12.8. The molecule has 0 amide bonds. The van der Waals surface area contributed by atoms with Gasteiger partial charge in [0.05, 0.1) is 17.8 Å². The number of rotatable bonds is 4. The van der Waals surface area contributed by atoms with Gasteiger partial charge in [0.25, 0.3) is 0 Å². The molecule has 0 saturated carbocycles. The highest BCUT2D eigenvalue weighted by molar-refractivity contribution is 5.83. The van der Waals surface area contributed by atoms with Gasteiger partial charge in [-0.3, -0.25) is 10.8 Å². The van der Waals surface area contributed by atoms with E-state index in [-0.39, 0.29) is 6.04 Å². The summed E-state index contributed by atoms with van der Waals surface area (Å²) >= 11 is 0. The Bertz CT molecular complexity index is 715. The smallest absolute Gasteiger partial charge is 0.108 e. The van der Waals surface area contributed by atoms with Gasteiger partial charge in [0.2, 0.25) is 0 Å².